The molecule has 0 spiro atoms. The van der Waals surface area contributed by atoms with Gasteiger partial charge in [0.1, 0.15) is 0 Å². The molecular formula is C15H19N3O. The fourth-order valence-electron chi connectivity index (χ4n) is 2.04. The second kappa shape index (κ2) is 6.29. The number of aliphatic hydroxyl groups is 1. The number of hydrogen-bond donors (Lipinski definition) is 1. The Labute approximate surface area is 113 Å². The SMILES string of the molecule is CCN(Cc1ccccn1)c1cc(C)ncc1CO. The third kappa shape index (κ3) is 3.29. The van der Waals surface area contributed by atoms with Gasteiger partial charge in [0.15, 0.2) is 0 Å². The van der Waals surface area contributed by atoms with E-state index in [0.717, 1.165) is 35.7 Å². The lowest BCUT2D eigenvalue weighted by Gasteiger charge is -2.25. The van der Waals surface area contributed by atoms with Gasteiger partial charge in [0, 0.05) is 35.9 Å². The predicted octanol–water partition coefficient (Wildman–Crippen LogP) is 2.30. The molecule has 4 heteroatoms. The molecule has 0 atom stereocenters. The minimum absolute atomic E-state index is 0.00132. The summed E-state index contributed by atoms with van der Waals surface area (Å²) in [5.41, 5.74) is 3.85. The number of hydrogen-bond acceptors (Lipinski definition) is 4. The Morgan fingerprint density at radius 2 is 2.11 bits per heavy atom. The van der Waals surface area contributed by atoms with E-state index in [1.807, 2.05) is 31.2 Å². The van der Waals surface area contributed by atoms with E-state index in [9.17, 15) is 5.11 Å². The van der Waals surface area contributed by atoms with Crippen LogP contribution in [0.15, 0.2) is 36.7 Å². The van der Waals surface area contributed by atoms with Gasteiger partial charge in [-0.05, 0) is 32.0 Å². The van der Waals surface area contributed by atoms with E-state index in [4.69, 9.17) is 0 Å². The predicted molar refractivity (Wildman–Crippen MR) is 75.9 cm³/mol. The number of aliphatic hydroxyl groups excluding tert-OH is 1. The first-order valence-electron chi connectivity index (χ1n) is 6.45. The average Bonchev–Trinajstić information content (AvgIpc) is 2.46. The van der Waals surface area contributed by atoms with E-state index < -0.39 is 0 Å². The molecule has 0 bridgehead atoms. The highest BCUT2D eigenvalue weighted by Crippen LogP contribution is 2.22. The Bertz CT molecular complexity index is 528. The van der Waals surface area contributed by atoms with Crippen LogP contribution >= 0.6 is 0 Å². The fraction of sp³-hybridized carbons (Fsp3) is 0.333. The number of nitrogens with zero attached hydrogens (tertiary/aromatic N) is 3. The molecule has 2 rings (SSSR count). The summed E-state index contributed by atoms with van der Waals surface area (Å²) in [6.07, 6.45) is 3.54. The molecule has 19 heavy (non-hydrogen) atoms. The van der Waals surface area contributed by atoms with Crippen LogP contribution in [0.4, 0.5) is 5.69 Å². The van der Waals surface area contributed by atoms with E-state index in [0.29, 0.717) is 0 Å². The zero-order valence-corrected chi connectivity index (χ0v) is 11.4. The van der Waals surface area contributed by atoms with Crippen molar-refractivity contribution in [3.8, 4) is 0 Å². The summed E-state index contributed by atoms with van der Waals surface area (Å²) in [5.74, 6) is 0. The van der Waals surface area contributed by atoms with Gasteiger partial charge in [-0.2, -0.15) is 0 Å². The lowest BCUT2D eigenvalue weighted by Crippen LogP contribution is -2.24. The zero-order valence-electron chi connectivity index (χ0n) is 11.4. The molecule has 0 saturated carbocycles. The maximum absolute atomic E-state index is 9.44. The van der Waals surface area contributed by atoms with Crippen LogP contribution in [0, 0.1) is 6.92 Å². The number of anilines is 1. The van der Waals surface area contributed by atoms with Gasteiger partial charge in [-0.1, -0.05) is 6.07 Å². The maximum Gasteiger partial charge on any atom is 0.0717 e. The van der Waals surface area contributed by atoms with E-state index in [-0.39, 0.29) is 6.61 Å². The lowest BCUT2D eigenvalue weighted by molar-refractivity contribution is 0.281. The summed E-state index contributed by atoms with van der Waals surface area (Å²) in [5, 5.41) is 9.44. The van der Waals surface area contributed by atoms with Crippen LogP contribution in [0.1, 0.15) is 23.9 Å². The molecule has 4 nitrogen and oxygen atoms in total. The Kier molecular flexibility index (Phi) is 4.47. The molecule has 0 amide bonds. The Hall–Kier alpha value is -1.94. The normalized spacial score (nSPS) is 10.5. The van der Waals surface area contributed by atoms with Gasteiger partial charge in [-0.15, -0.1) is 0 Å². The van der Waals surface area contributed by atoms with E-state index in [1.54, 1.807) is 12.4 Å². The average molecular weight is 257 g/mol. The molecule has 0 aliphatic heterocycles. The van der Waals surface area contributed by atoms with Crippen LogP contribution in [0.5, 0.6) is 0 Å². The van der Waals surface area contributed by atoms with Gasteiger partial charge >= 0.3 is 0 Å². The van der Waals surface area contributed by atoms with Crippen molar-refractivity contribution in [1.29, 1.82) is 0 Å². The van der Waals surface area contributed by atoms with E-state index in [2.05, 4.69) is 21.8 Å². The second-order valence-electron chi connectivity index (χ2n) is 4.45. The summed E-state index contributed by atoms with van der Waals surface area (Å²) < 4.78 is 0. The van der Waals surface area contributed by atoms with E-state index >= 15 is 0 Å². The largest absolute Gasteiger partial charge is 0.392 e. The topological polar surface area (TPSA) is 49.2 Å². The van der Waals surface area contributed by atoms with Crippen molar-refractivity contribution in [3.63, 3.8) is 0 Å². The first kappa shape index (κ1) is 13.5. The monoisotopic (exact) mass is 257 g/mol. The van der Waals surface area contributed by atoms with Crippen LogP contribution in [0.3, 0.4) is 0 Å². The first-order chi connectivity index (χ1) is 9.24. The summed E-state index contributed by atoms with van der Waals surface area (Å²) in [7, 11) is 0. The number of aromatic nitrogens is 2. The highest BCUT2D eigenvalue weighted by atomic mass is 16.3. The van der Waals surface area contributed by atoms with Gasteiger partial charge in [0.05, 0.1) is 18.8 Å². The molecule has 100 valence electrons. The second-order valence-corrected chi connectivity index (χ2v) is 4.45. The first-order valence-corrected chi connectivity index (χ1v) is 6.45. The molecule has 0 fully saturated rings. The smallest absolute Gasteiger partial charge is 0.0717 e. The molecule has 2 aromatic heterocycles. The van der Waals surface area contributed by atoms with Gasteiger partial charge in [0.2, 0.25) is 0 Å². The highest BCUT2D eigenvalue weighted by molar-refractivity contribution is 5.53. The van der Waals surface area contributed by atoms with Crippen molar-refractivity contribution in [2.45, 2.75) is 27.0 Å². The molecule has 0 aliphatic carbocycles. The van der Waals surface area contributed by atoms with Crippen molar-refractivity contribution in [1.82, 2.24) is 9.97 Å². The third-order valence-electron chi connectivity index (χ3n) is 3.07. The Balaban J connectivity index is 2.29. The summed E-state index contributed by atoms with van der Waals surface area (Å²) in [6, 6.07) is 7.92. The van der Waals surface area contributed by atoms with Crippen molar-refractivity contribution in [3.05, 3.63) is 53.6 Å². The van der Waals surface area contributed by atoms with Crippen molar-refractivity contribution in [2.24, 2.45) is 0 Å². The molecule has 0 saturated heterocycles. The summed E-state index contributed by atoms with van der Waals surface area (Å²) in [4.78, 5) is 10.8. The number of rotatable bonds is 5. The highest BCUT2D eigenvalue weighted by Gasteiger charge is 2.11. The minimum Gasteiger partial charge on any atom is -0.392 e. The van der Waals surface area contributed by atoms with Gasteiger partial charge in [-0.3, -0.25) is 9.97 Å². The molecule has 2 heterocycles. The van der Waals surface area contributed by atoms with E-state index in [1.165, 1.54) is 0 Å². The van der Waals surface area contributed by atoms with Crippen molar-refractivity contribution >= 4 is 5.69 Å². The molecule has 0 unspecified atom stereocenters. The molecule has 2 aromatic rings. The van der Waals surface area contributed by atoms with Gasteiger partial charge in [-0.25, -0.2) is 0 Å². The minimum atomic E-state index is 0.00132. The molecular weight excluding hydrogens is 238 g/mol. The van der Waals surface area contributed by atoms with Crippen LogP contribution in [0.2, 0.25) is 0 Å². The summed E-state index contributed by atoms with van der Waals surface area (Å²) in [6.45, 7) is 5.64. The quantitative estimate of drug-likeness (QED) is 0.893. The van der Waals surface area contributed by atoms with Crippen LogP contribution in [-0.4, -0.2) is 21.6 Å². The van der Waals surface area contributed by atoms with Gasteiger partial charge < -0.3 is 10.0 Å². The van der Waals surface area contributed by atoms with Crippen LogP contribution < -0.4 is 4.90 Å². The lowest BCUT2D eigenvalue weighted by atomic mass is 10.2. The maximum atomic E-state index is 9.44. The molecule has 0 radical (unpaired) electrons. The summed E-state index contributed by atoms with van der Waals surface area (Å²) >= 11 is 0. The zero-order chi connectivity index (χ0) is 13.7. The molecule has 0 aliphatic rings. The molecule has 1 N–H and O–H groups in total. The van der Waals surface area contributed by atoms with Crippen molar-refractivity contribution < 1.29 is 5.11 Å². The molecule has 0 aromatic carbocycles. The standard InChI is InChI=1S/C15H19N3O/c1-3-18(10-14-6-4-5-7-16-14)15-8-12(2)17-9-13(15)11-19/h4-9,19H,3,10-11H2,1-2H3. The third-order valence-corrected chi connectivity index (χ3v) is 3.07. The fourth-order valence-corrected chi connectivity index (χ4v) is 2.04. The van der Waals surface area contributed by atoms with Gasteiger partial charge in [0.25, 0.3) is 0 Å². The number of aryl methyl sites for hydroxylation is 1. The van der Waals surface area contributed by atoms with Crippen molar-refractivity contribution in [2.75, 3.05) is 11.4 Å². The van der Waals surface area contributed by atoms with Crippen LogP contribution in [0.25, 0.3) is 0 Å². The van der Waals surface area contributed by atoms with Crippen LogP contribution in [-0.2, 0) is 13.2 Å². The Morgan fingerprint density at radius 1 is 1.26 bits per heavy atom. The Morgan fingerprint density at radius 3 is 2.74 bits per heavy atom. The number of pyridine rings is 2.